The van der Waals surface area contributed by atoms with E-state index in [4.69, 9.17) is 0 Å². The second-order valence-corrected chi connectivity index (χ2v) is 4.70. The molecule has 2 rings (SSSR count). The maximum absolute atomic E-state index is 12.8. The van der Waals surface area contributed by atoms with Crippen LogP contribution in [0.1, 0.15) is 12.6 Å². The molecule has 2 aromatic rings. The van der Waals surface area contributed by atoms with Gasteiger partial charge in [0, 0.05) is 7.05 Å². The van der Waals surface area contributed by atoms with Crippen molar-refractivity contribution in [3.8, 4) is 11.5 Å². The van der Waals surface area contributed by atoms with Crippen molar-refractivity contribution in [1.82, 2.24) is 15.0 Å². The smallest absolute Gasteiger partial charge is 0.180 e. The first-order chi connectivity index (χ1) is 8.65. The van der Waals surface area contributed by atoms with E-state index in [9.17, 15) is 4.39 Å². The van der Waals surface area contributed by atoms with Crippen molar-refractivity contribution < 1.29 is 4.39 Å². The fourth-order valence-electron chi connectivity index (χ4n) is 1.52. The molecule has 94 valence electrons. The van der Waals surface area contributed by atoms with Gasteiger partial charge in [0.25, 0.3) is 0 Å². The number of rotatable bonds is 3. The highest BCUT2D eigenvalue weighted by atomic mass is 127. The van der Waals surface area contributed by atoms with Crippen molar-refractivity contribution in [3.63, 3.8) is 0 Å². The Balaban J connectivity index is 2.54. The van der Waals surface area contributed by atoms with Crippen LogP contribution in [0.15, 0.2) is 18.3 Å². The molecule has 0 amide bonds. The van der Waals surface area contributed by atoms with Crippen LogP contribution in [0.3, 0.4) is 0 Å². The molecule has 0 radical (unpaired) electrons. The van der Waals surface area contributed by atoms with Crippen molar-refractivity contribution in [3.05, 3.63) is 33.4 Å². The maximum Gasteiger partial charge on any atom is 0.180 e. The van der Waals surface area contributed by atoms with Crippen molar-refractivity contribution in [1.29, 1.82) is 0 Å². The summed E-state index contributed by atoms with van der Waals surface area (Å²) in [6.07, 6.45) is 1.98. The highest BCUT2D eigenvalue weighted by Gasteiger charge is 2.12. The summed E-state index contributed by atoms with van der Waals surface area (Å²) >= 11 is 2.21. The highest BCUT2D eigenvalue weighted by molar-refractivity contribution is 14.1. The molecule has 0 bridgehead atoms. The minimum absolute atomic E-state index is 0.367. The highest BCUT2D eigenvalue weighted by Crippen LogP contribution is 2.23. The van der Waals surface area contributed by atoms with Gasteiger partial charge in [0.15, 0.2) is 5.82 Å². The molecule has 0 saturated carbocycles. The quantitative estimate of drug-likeness (QED) is 0.858. The summed E-state index contributed by atoms with van der Waals surface area (Å²) in [6, 6.07) is 2.94. The fraction of sp³-hybridized carbons (Fsp3) is 0.250. The van der Waals surface area contributed by atoms with Gasteiger partial charge in [0.05, 0.1) is 15.5 Å². The Bertz CT molecular complexity index is 531. The Hall–Kier alpha value is -1.31. The lowest BCUT2D eigenvalue weighted by atomic mass is 10.3. The molecular formula is C12H12FIN4. The number of aryl methyl sites for hydroxylation is 1. The van der Waals surface area contributed by atoms with E-state index in [0.717, 1.165) is 21.5 Å². The molecule has 0 aromatic carbocycles. The lowest BCUT2D eigenvalue weighted by Crippen LogP contribution is -2.05. The number of hydrogen-bond acceptors (Lipinski definition) is 4. The average Bonchev–Trinajstić information content (AvgIpc) is 2.40. The molecule has 0 unspecified atom stereocenters. The second kappa shape index (κ2) is 5.55. The Morgan fingerprint density at radius 1 is 1.33 bits per heavy atom. The molecule has 0 fully saturated rings. The fourth-order valence-corrected chi connectivity index (χ4v) is 2.41. The second-order valence-electron chi connectivity index (χ2n) is 3.62. The molecule has 2 heterocycles. The maximum atomic E-state index is 12.8. The predicted molar refractivity (Wildman–Crippen MR) is 76.9 cm³/mol. The van der Waals surface area contributed by atoms with Gasteiger partial charge in [-0.1, -0.05) is 6.92 Å². The van der Waals surface area contributed by atoms with E-state index in [0.29, 0.717) is 11.5 Å². The molecule has 0 saturated heterocycles. The van der Waals surface area contributed by atoms with Crippen LogP contribution >= 0.6 is 22.6 Å². The zero-order chi connectivity index (χ0) is 13.1. The monoisotopic (exact) mass is 358 g/mol. The summed E-state index contributed by atoms with van der Waals surface area (Å²) in [7, 11) is 1.81. The number of nitrogens with zero attached hydrogens (tertiary/aromatic N) is 3. The van der Waals surface area contributed by atoms with Gasteiger partial charge in [-0.25, -0.2) is 19.3 Å². The minimum Gasteiger partial charge on any atom is -0.372 e. The SMILES string of the molecule is CCc1nc(-c2ccc(F)cn2)nc(NC)c1I. The normalized spacial score (nSPS) is 10.4. The number of halogens is 2. The van der Waals surface area contributed by atoms with Gasteiger partial charge in [0.1, 0.15) is 17.3 Å². The van der Waals surface area contributed by atoms with Crippen LogP contribution in [0.2, 0.25) is 0 Å². The first kappa shape index (κ1) is 13.1. The van der Waals surface area contributed by atoms with E-state index >= 15 is 0 Å². The van der Waals surface area contributed by atoms with E-state index in [2.05, 4.69) is 42.9 Å². The minimum atomic E-state index is -0.367. The van der Waals surface area contributed by atoms with Crippen LogP contribution in [0.25, 0.3) is 11.5 Å². The summed E-state index contributed by atoms with van der Waals surface area (Å²) in [5, 5.41) is 3.03. The Morgan fingerprint density at radius 2 is 2.11 bits per heavy atom. The number of hydrogen-bond donors (Lipinski definition) is 1. The molecule has 0 spiro atoms. The summed E-state index contributed by atoms with van der Waals surface area (Å²) < 4.78 is 13.8. The van der Waals surface area contributed by atoms with Gasteiger partial charge >= 0.3 is 0 Å². The van der Waals surface area contributed by atoms with Crippen molar-refractivity contribution >= 4 is 28.4 Å². The standard InChI is InChI=1S/C12H12FIN4/c1-3-8-10(14)12(15-2)18-11(17-8)9-5-4-7(13)6-16-9/h4-6H,3H2,1-2H3,(H,15,17,18). The number of pyridine rings is 1. The van der Waals surface area contributed by atoms with Crippen LogP contribution in [-0.2, 0) is 6.42 Å². The molecule has 2 aromatic heterocycles. The molecule has 6 heteroatoms. The first-order valence-electron chi connectivity index (χ1n) is 5.51. The Labute approximate surface area is 118 Å². The molecular weight excluding hydrogens is 346 g/mol. The first-order valence-corrected chi connectivity index (χ1v) is 6.59. The number of anilines is 1. The van der Waals surface area contributed by atoms with E-state index in [1.165, 1.54) is 12.3 Å². The van der Waals surface area contributed by atoms with Crippen LogP contribution < -0.4 is 5.32 Å². The van der Waals surface area contributed by atoms with Crippen LogP contribution in [0, 0.1) is 9.39 Å². The van der Waals surface area contributed by atoms with Gasteiger partial charge in [0.2, 0.25) is 0 Å². The summed E-state index contributed by atoms with van der Waals surface area (Å²) in [4.78, 5) is 12.8. The summed E-state index contributed by atoms with van der Waals surface area (Å²) in [5.74, 6) is 0.911. The van der Waals surface area contributed by atoms with E-state index in [-0.39, 0.29) is 5.82 Å². The van der Waals surface area contributed by atoms with Crippen molar-refractivity contribution in [2.24, 2.45) is 0 Å². The lowest BCUT2D eigenvalue weighted by molar-refractivity contribution is 0.621. The molecule has 4 nitrogen and oxygen atoms in total. The van der Waals surface area contributed by atoms with Gasteiger partial charge in [-0.05, 0) is 41.1 Å². The van der Waals surface area contributed by atoms with E-state index < -0.39 is 0 Å². The zero-order valence-corrected chi connectivity index (χ0v) is 12.2. The Kier molecular flexibility index (Phi) is 4.05. The summed E-state index contributed by atoms with van der Waals surface area (Å²) in [5.41, 5.74) is 1.52. The number of aromatic nitrogens is 3. The van der Waals surface area contributed by atoms with Crippen LogP contribution in [0.5, 0.6) is 0 Å². The number of nitrogens with one attached hydrogen (secondary N) is 1. The molecule has 0 aliphatic carbocycles. The molecule has 18 heavy (non-hydrogen) atoms. The van der Waals surface area contributed by atoms with Gasteiger partial charge in [-0.2, -0.15) is 0 Å². The third-order valence-electron chi connectivity index (χ3n) is 2.45. The van der Waals surface area contributed by atoms with Crippen molar-refractivity contribution in [2.75, 3.05) is 12.4 Å². The topological polar surface area (TPSA) is 50.7 Å². The third kappa shape index (κ3) is 2.58. The van der Waals surface area contributed by atoms with Crippen molar-refractivity contribution in [2.45, 2.75) is 13.3 Å². The third-order valence-corrected chi connectivity index (χ3v) is 3.58. The van der Waals surface area contributed by atoms with Crippen LogP contribution in [0.4, 0.5) is 10.2 Å². The lowest BCUT2D eigenvalue weighted by Gasteiger charge is -2.09. The average molecular weight is 358 g/mol. The van der Waals surface area contributed by atoms with E-state index in [1.54, 1.807) is 6.07 Å². The predicted octanol–water partition coefficient (Wildman–Crippen LogP) is 2.89. The molecule has 0 aliphatic rings. The van der Waals surface area contributed by atoms with Gasteiger partial charge in [-0.15, -0.1) is 0 Å². The molecule has 0 atom stereocenters. The molecule has 1 N–H and O–H groups in total. The Morgan fingerprint density at radius 3 is 2.67 bits per heavy atom. The largest absolute Gasteiger partial charge is 0.372 e. The van der Waals surface area contributed by atoms with Gasteiger partial charge < -0.3 is 5.32 Å². The van der Waals surface area contributed by atoms with Crippen LogP contribution in [-0.4, -0.2) is 22.0 Å². The van der Waals surface area contributed by atoms with E-state index in [1.807, 2.05) is 14.0 Å². The zero-order valence-electron chi connectivity index (χ0n) is 10.0. The molecule has 0 aliphatic heterocycles. The summed E-state index contributed by atoms with van der Waals surface area (Å²) in [6.45, 7) is 2.03. The van der Waals surface area contributed by atoms with Gasteiger partial charge in [-0.3, -0.25) is 0 Å².